The largest absolute Gasteiger partial charge is 0.436 e. The molecule has 96 valence electrons. The quantitative estimate of drug-likeness (QED) is 0.922. The van der Waals surface area contributed by atoms with Crippen LogP contribution < -0.4 is 0 Å². The number of rotatable bonds is 3. The first-order chi connectivity index (χ1) is 8.49. The van der Waals surface area contributed by atoms with Gasteiger partial charge in [0.15, 0.2) is 0 Å². The van der Waals surface area contributed by atoms with E-state index in [1.54, 1.807) is 19.1 Å². The van der Waals surface area contributed by atoms with Crippen molar-refractivity contribution in [3.05, 3.63) is 41.0 Å². The zero-order chi connectivity index (χ0) is 13.3. The van der Waals surface area contributed by atoms with Crippen LogP contribution in [0.4, 0.5) is 4.39 Å². The van der Waals surface area contributed by atoms with Crippen molar-refractivity contribution < 1.29 is 13.9 Å². The lowest BCUT2D eigenvalue weighted by molar-refractivity contribution is 0.195. The molecule has 0 aliphatic carbocycles. The number of aryl methyl sites for hydroxylation is 2. The van der Waals surface area contributed by atoms with E-state index < -0.39 is 6.10 Å². The molecule has 18 heavy (non-hydrogen) atoms. The van der Waals surface area contributed by atoms with Gasteiger partial charge >= 0.3 is 0 Å². The number of halogens is 1. The van der Waals surface area contributed by atoms with Crippen molar-refractivity contribution in [1.82, 2.24) is 4.98 Å². The van der Waals surface area contributed by atoms with Crippen LogP contribution in [0.25, 0.3) is 0 Å². The summed E-state index contributed by atoms with van der Waals surface area (Å²) in [5.41, 5.74) is 1.32. The van der Waals surface area contributed by atoms with Gasteiger partial charge in [-0.2, -0.15) is 0 Å². The summed E-state index contributed by atoms with van der Waals surface area (Å²) in [5, 5.41) is 10.0. The standard InChI is InChI=1S/C13H14FNO2S/c1-7-9(3)17-13(15-7)18-12-10(8(2)16)5-4-6-11(12)14/h4-6,8,16H,1-3H3/t8-/m1/s1. The molecule has 3 nitrogen and oxygen atoms in total. The van der Waals surface area contributed by atoms with Crippen LogP contribution in [-0.2, 0) is 0 Å². The molecule has 0 aliphatic rings. The van der Waals surface area contributed by atoms with Crippen molar-refractivity contribution in [2.75, 3.05) is 0 Å². The number of nitrogens with zero attached hydrogens (tertiary/aromatic N) is 1. The number of aliphatic hydroxyl groups excluding tert-OH is 1. The van der Waals surface area contributed by atoms with Gasteiger partial charge in [0.2, 0.25) is 0 Å². The van der Waals surface area contributed by atoms with Gasteiger partial charge in [0.1, 0.15) is 11.6 Å². The summed E-state index contributed by atoms with van der Waals surface area (Å²) < 4.78 is 19.2. The van der Waals surface area contributed by atoms with Crippen molar-refractivity contribution in [2.45, 2.75) is 37.0 Å². The smallest absolute Gasteiger partial charge is 0.261 e. The molecule has 0 aliphatic heterocycles. The summed E-state index contributed by atoms with van der Waals surface area (Å²) >= 11 is 1.09. The van der Waals surface area contributed by atoms with E-state index in [1.807, 2.05) is 13.8 Å². The minimum Gasteiger partial charge on any atom is -0.436 e. The van der Waals surface area contributed by atoms with Crippen LogP contribution in [0.3, 0.4) is 0 Å². The summed E-state index contributed by atoms with van der Waals surface area (Å²) in [6.45, 7) is 5.24. The molecular formula is C13H14FNO2S. The molecule has 2 aromatic rings. The number of aliphatic hydroxyl groups is 1. The van der Waals surface area contributed by atoms with Crippen LogP contribution >= 0.6 is 11.8 Å². The molecule has 0 unspecified atom stereocenters. The van der Waals surface area contributed by atoms with E-state index >= 15 is 0 Å². The number of aromatic nitrogens is 1. The third-order valence-corrected chi connectivity index (χ3v) is 3.63. The lowest BCUT2D eigenvalue weighted by atomic mass is 10.1. The minimum atomic E-state index is -0.736. The van der Waals surface area contributed by atoms with Gasteiger partial charge < -0.3 is 9.52 Å². The predicted molar refractivity (Wildman–Crippen MR) is 67.1 cm³/mol. The van der Waals surface area contributed by atoms with Gasteiger partial charge in [0, 0.05) is 0 Å². The molecule has 0 amide bonds. The lowest BCUT2D eigenvalue weighted by Crippen LogP contribution is -1.96. The highest BCUT2D eigenvalue weighted by Gasteiger charge is 2.16. The summed E-state index contributed by atoms with van der Waals surface area (Å²) in [4.78, 5) is 4.55. The van der Waals surface area contributed by atoms with E-state index in [9.17, 15) is 9.50 Å². The van der Waals surface area contributed by atoms with E-state index in [2.05, 4.69) is 4.98 Å². The highest BCUT2D eigenvalue weighted by molar-refractivity contribution is 7.99. The Balaban J connectivity index is 2.39. The van der Waals surface area contributed by atoms with E-state index in [4.69, 9.17) is 4.42 Å². The topological polar surface area (TPSA) is 46.3 Å². The Bertz CT molecular complexity index is 547. The molecule has 0 radical (unpaired) electrons. The molecule has 1 atom stereocenters. The molecule has 0 bridgehead atoms. The van der Waals surface area contributed by atoms with Crippen LogP contribution in [-0.4, -0.2) is 10.1 Å². The third-order valence-electron chi connectivity index (χ3n) is 2.65. The summed E-state index contributed by atoms with van der Waals surface area (Å²) in [5.74, 6) is 0.333. The molecule has 5 heteroatoms. The zero-order valence-electron chi connectivity index (χ0n) is 10.4. The summed E-state index contributed by atoms with van der Waals surface area (Å²) in [6, 6.07) is 4.63. The van der Waals surface area contributed by atoms with Gasteiger partial charge in [-0.3, -0.25) is 0 Å². The lowest BCUT2D eigenvalue weighted by Gasteiger charge is -2.10. The second kappa shape index (κ2) is 5.12. The highest BCUT2D eigenvalue weighted by atomic mass is 32.2. The molecule has 1 aromatic heterocycles. The molecule has 1 heterocycles. The maximum absolute atomic E-state index is 13.8. The second-order valence-corrected chi connectivity index (χ2v) is 5.02. The second-order valence-electron chi connectivity index (χ2n) is 4.06. The average Bonchev–Trinajstić information content (AvgIpc) is 2.60. The summed E-state index contributed by atoms with van der Waals surface area (Å²) in [6.07, 6.45) is -0.736. The summed E-state index contributed by atoms with van der Waals surface area (Å²) in [7, 11) is 0. The fourth-order valence-corrected chi connectivity index (χ4v) is 2.58. The van der Waals surface area contributed by atoms with Gasteiger partial charge in [0.25, 0.3) is 5.22 Å². The van der Waals surface area contributed by atoms with E-state index in [0.717, 1.165) is 17.5 Å². The Labute approximate surface area is 109 Å². The first-order valence-electron chi connectivity index (χ1n) is 5.57. The highest BCUT2D eigenvalue weighted by Crippen LogP contribution is 2.35. The Kier molecular flexibility index (Phi) is 3.73. The number of hydrogen-bond acceptors (Lipinski definition) is 4. The molecule has 0 saturated heterocycles. The minimum absolute atomic E-state index is 0.355. The fourth-order valence-electron chi connectivity index (χ4n) is 1.54. The monoisotopic (exact) mass is 267 g/mol. The van der Waals surface area contributed by atoms with Gasteiger partial charge in [0.05, 0.1) is 16.7 Å². The molecule has 1 N–H and O–H groups in total. The molecule has 2 rings (SSSR count). The molecule has 0 saturated carbocycles. The molecule has 0 spiro atoms. The van der Waals surface area contributed by atoms with Crippen LogP contribution in [0.15, 0.2) is 32.7 Å². The van der Waals surface area contributed by atoms with E-state index in [0.29, 0.717) is 21.4 Å². The maximum Gasteiger partial charge on any atom is 0.261 e. The van der Waals surface area contributed by atoms with Gasteiger partial charge in [-0.1, -0.05) is 12.1 Å². The Morgan fingerprint density at radius 3 is 2.67 bits per heavy atom. The molecular weight excluding hydrogens is 253 g/mol. The van der Waals surface area contributed by atoms with Crippen molar-refractivity contribution in [3.63, 3.8) is 0 Å². The van der Waals surface area contributed by atoms with Gasteiger partial charge in [-0.25, -0.2) is 9.37 Å². The van der Waals surface area contributed by atoms with Crippen LogP contribution in [0.2, 0.25) is 0 Å². The van der Waals surface area contributed by atoms with Crippen molar-refractivity contribution in [2.24, 2.45) is 0 Å². The first kappa shape index (κ1) is 13.1. The van der Waals surface area contributed by atoms with Crippen molar-refractivity contribution in [1.29, 1.82) is 0 Å². The van der Waals surface area contributed by atoms with Crippen LogP contribution in [0, 0.1) is 19.7 Å². The SMILES string of the molecule is Cc1nc(Sc2c(F)cccc2[C@@H](C)O)oc1C. The van der Waals surface area contributed by atoms with Gasteiger partial charge in [-0.15, -0.1) is 0 Å². The van der Waals surface area contributed by atoms with E-state index in [-0.39, 0.29) is 5.82 Å². The van der Waals surface area contributed by atoms with E-state index in [1.165, 1.54) is 6.07 Å². The fraction of sp³-hybridized carbons (Fsp3) is 0.308. The van der Waals surface area contributed by atoms with Crippen molar-refractivity contribution in [3.8, 4) is 0 Å². The zero-order valence-corrected chi connectivity index (χ0v) is 11.2. The number of oxazole rings is 1. The van der Waals surface area contributed by atoms with Crippen molar-refractivity contribution >= 4 is 11.8 Å². The van der Waals surface area contributed by atoms with Gasteiger partial charge in [-0.05, 0) is 44.2 Å². The normalized spacial score (nSPS) is 12.7. The average molecular weight is 267 g/mol. The number of hydrogen-bond donors (Lipinski definition) is 1. The third kappa shape index (κ3) is 2.57. The Morgan fingerprint density at radius 2 is 2.11 bits per heavy atom. The predicted octanol–water partition coefficient (Wildman–Crippen LogP) is 3.64. The maximum atomic E-state index is 13.8. The Hall–Kier alpha value is -1.33. The molecule has 1 aromatic carbocycles. The molecule has 0 fully saturated rings. The Morgan fingerprint density at radius 1 is 1.39 bits per heavy atom. The first-order valence-corrected chi connectivity index (χ1v) is 6.39. The number of benzene rings is 1. The van der Waals surface area contributed by atoms with Crippen LogP contribution in [0.5, 0.6) is 0 Å². The van der Waals surface area contributed by atoms with Crippen LogP contribution in [0.1, 0.15) is 30.0 Å².